The zero-order valence-corrected chi connectivity index (χ0v) is 14.5. The molecule has 1 aromatic heterocycles. The van der Waals surface area contributed by atoms with Crippen LogP contribution in [0, 0.1) is 5.82 Å². The number of sulfonamides is 1. The standard InChI is InChI=1S/C17H14ClFN2O3S/c18-15-10-13(19)6-7-16(15)25(22,23)20-9-8-14-11-24-17(21-14)12-4-2-1-3-5-12/h1-7,10-11,20H,8-9H2. The van der Waals surface area contributed by atoms with Crippen molar-refractivity contribution in [3.8, 4) is 11.5 Å². The number of hydrogen-bond donors (Lipinski definition) is 1. The molecule has 0 aliphatic rings. The Hall–Kier alpha value is -2.22. The summed E-state index contributed by atoms with van der Waals surface area (Å²) >= 11 is 5.79. The summed E-state index contributed by atoms with van der Waals surface area (Å²) in [4.78, 5) is 4.16. The molecular weight excluding hydrogens is 367 g/mol. The number of nitrogens with one attached hydrogen (secondary N) is 1. The lowest BCUT2D eigenvalue weighted by atomic mass is 10.2. The number of nitrogens with zero attached hydrogens (tertiary/aromatic N) is 1. The third-order valence-electron chi connectivity index (χ3n) is 3.43. The topological polar surface area (TPSA) is 72.2 Å². The van der Waals surface area contributed by atoms with Gasteiger partial charge in [0.1, 0.15) is 17.0 Å². The van der Waals surface area contributed by atoms with E-state index >= 15 is 0 Å². The van der Waals surface area contributed by atoms with Gasteiger partial charge in [-0.3, -0.25) is 0 Å². The third-order valence-corrected chi connectivity index (χ3v) is 5.37. The zero-order valence-electron chi connectivity index (χ0n) is 12.9. The summed E-state index contributed by atoms with van der Waals surface area (Å²) in [5.74, 6) is -0.125. The highest BCUT2D eigenvalue weighted by atomic mass is 35.5. The van der Waals surface area contributed by atoms with E-state index in [1.807, 2.05) is 30.3 Å². The summed E-state index contributed by atoms with van der Waals surface area (Å²) in [6.07, 6.45) is 1.83. The van der Waals surface area contributed by atoms with Gasteiger partial charge in [-0.15, -0.1) is 0 Å². The number of benzene rings is 2. The van der Waals surface area contributed by atoms with Gasteiger partial charge in [0.05, 0.1) is 10.7 Å². The fraction of sp³-hybridized carbons (Fsp3) is 0.118. The summed E-state index contributed by atoms with van der Waals surface area (Å²) < 4.78 is 45.3. The van der Waals surface area contributed by atoms with Crippen LogP contribution in [0.5, 0.6) is 0 Å². The van der Waals surface area contributed by atoms with Gasteiger partial charge in [0.2, 0.25) is 15.9 Å². The van der Waals surface area contributed by atoms with Crippen molar-refractivity contribution in [2.75, 3.05) is 6.54 Å². The summed E-state index contributed by atoms with van der Waals surface area (Å²) in [6, 6.07) is 12.5. The third kappa shape index (κ3) is 4.25. The van der Waals surface area contributed by atoms with Crippen LogP contribution in [0.15, 0.2) is 64.1 Å². The first-order chi connectivity index (χ1) is 12.0. The lowest BCUT2D eigenvalue weighted by molar-refractivity contribution is 0.570. The molecule has 3 aromatic rings. The highest BCUT2D eigenvalue weighted by Gasteiger charge is 2.18. The van der Waals surface area contributed by atoms with E-state index in [1.54, 1.807) is 0 Å². The van der Waals surface area contributed by atoms with E-state index in [-0.39, 0.29) is 16.5 Å². The van der Waals surface area contributed by atoms with Crippen LogP contribution in [0.3, 0.4) is 0 Å². The molecule has 0 aliphatic heterocycles. The smallest absolute Gasteiger partial charge is 0.242 e. The number of oxazole rings is 1. The van der Waals surface area contributed by atoms with Crippen LogP contribution >= 0.6 is 11.6 Å². The molecule has 0 bridgehead atoms. The number of aromatic nitrogens is 1. The minimum atomic E-state index is -3.83. The molecule has 0 saturated heterocycles. The van der Waals surface area contributed by atoms with Crippen LogP contribution in [0.25, 0.3) is 11.5 Å². The van der Waals surface area contributed by atoms with Crippen molar-refractivity contribution in [3.05, 3.63) is 71.3 Å². The van der Waals surface area contributed by atoms with Crippen molar-refractivity contribution < 1.29 is 17.2 Å². The van der Waals surface area contributed by atoms with Crippen LogP contribution in [-0.2, 0) is 16.4 Å². The molecular formula is C17H14ClFN2O3S. The highest BCUT2D eigenvalue weighted by molar-refractivity contribution is 7.89. The van der Waals surface area contributed by atoms with Gasteiger partial charge in [0.25, 0.3) is 0 Å². The van der Waals surface area contributed by atoms with Crippen LogP contribution in [-0.4, -0.2) is 19.9 Å². The molecule has 0 spiro atoms. The molecule has 0 unspecified atom stereocenters. The summed E-state index contributed by atoms with van der Waals surface area (Å²) in [6.45, 7) is 0.108. The number of hydrogen-bond acceptors (Lipinski definition) is 4. The van der Waals surface area contributed by atoms with Crippen molar-refractivity contribution in [2.24, 2.45) is 0 Å². The van der Waals surface area contributed by atoms with Crippen LogP contribution < -0.4 is 4.72 Å². The first kappa shape index (κ1) is 17.6. The van der Waals surface area contributed by atoms with Gasteiger partial charge in [-0.1, -0.05) is 29.8 Å². The molecule has 0 aliphatic carbocycles. The van der Waals surface area contributed by atoms with Gasteiger partial charge < -0.3 is 4.42 Å². The fourth-order valence-corrected chi connectivity index (χ4v) is 3.78. The Morgan fingerprint density at radius 2 is 1.92 bits per heavy atom. The van der Waals surface area contributed by atoms with Crippen molar-refractivity contribution in [1.82, 2.24) is 9.71 Å². The van der Waals surface area contributed by atoms with Gasteiger partial charge in [0.15, 0.2) is 0 Å². The molecule has 0 atom stereocenters. The van der Waals surface area contributed by atoms with Crippen LogP contribution in [0.4, 0.5) is 4.39 Å². The second-order valence-corrected chi connectivity index (χ2v) is 7.38. The molecule has 0 saturated carbocycles. The zero-order chi connectivity index (χ0) is 17.9. The average molecular weight is 381 g/mol. The van der Waals surface area contributed by atoms with E-state index in [0.29, 0.717) is 18.0 Å². The maximum Gasteiger partial charge on any atom is 0.242 e. The van der Waals surface area contributed by atoms with Crippen molar-refractivity contribution in [1.29, 1.82) is 0 Å². The Balaban J connectivity index is 1.64. The highest BCUT2D eigenvalue weighted by Crippen LogP contribution is 2.22. The first-order valence-corrected chi connectivity index (χ1v) is 9.26. The largest absolute Gasteiger partial charge is 0.444 e. The Bertz CT molecular complexity index is 975. The van der Waals surface area contributed by atoms with Crippen molar-refractivity contribution in [3.63, 3.8) is 0 Å². The molecule has 0 amide bonds. The van der Waals surface area contributed by atoms with E-state index in [0.717, 1.165) is 23.8 Å². The number of rotatable bonds is 6. The molecule has 3 rings (SSSR count). The number of halogens is 2. The van der Waals surface area contributed by atoms with E-state index < -0.39 is 15.8 Å². The fourth-order valence-electron chi connectivity index (χ4n) is 2.22. The van der Waals surface area contributed by atoms with E-state index in [1.165, 1.54) is 6.26 Å². The molecule has 1 N–H and O–H groups in total. The van der Waals surface area contributed by atoms with Gasteiger partial charge in [-0.05, 0) is 30.3 Å². The maximum atomic E-state index is 13.0. The Kier molecular flexibility index (Phi) is 5.17. The molecule has 1 heterocycles. The van der Waals surface area contributed by atoms with Gasteiger partial charge in [0, 0.05) is 18.5 Å². The molecule has 8 heteroatoms. The Labute approximate surface area is 149 Å². The van der Waals surface area contributed by atoms with E-state index in [2.05, 4.69) is 9.71 Å². The maximum absolute atomic E-state index is 13.0. The summed E-state index contributed by atoms with van der Waals surface area (Å²) in [5, 5.41) is -0.166. The lowest BCUT2D eigenvalue weighted by Gasteiger charge is -2.07. The molecule has 2 aromatic carbocycles. The van der Waals surface area contributed by atoms with Gasteiger partial charge in [-0.2, -0.15) is 0 Å². The minimum absolute atomic E-state index is 0.108. The molecule has 0 radical (unpaired) electrons. The lowest BCUT2D eigenvalue weighted by Crippen LogP contribution is -2.26. The summed E-state index contributed by atoms with van der Waals surface area (Å²) in [5.41, 5.74) is 1.46. The molecule has 130 valence electrons. The first-order valence-electron chi connectivity index (χ1n) is 7.40. The average Bonchev–Trinajstić information content (AvgIpc) is 3.04. The monoisotopic (exact) mass is 380 g/mol. The van der Waals surface area contributed by atoms with Crippen LogP contribution in [0.1, 0.15) is 5.69 Å². The molecule has 25 heavy (non-hydrogen) atoms. The Morgan fingerprint density at radius 3 is 2.64 bits per heavy atom. The predicted molar refractivity (Wildman–Crippen MR) is 92.2 cm³/mol. The van der Waals surface area contributed by atoms with E-state index in [9.17, 15) is 12.8 Å². The van der Waals surface area contributed by atoms with Crippen LogP contribution in [0.2, 0.25) is 5.02 Å². The quantitative estimate of drug-likeness (QED) is 0.708. The van der Waals surface area contributed by atoms with Crippen molar-refractivity contribution in [2.45, 2.75) is 11.3 Å². The normalized spacial score (nSPS) is 11.6. The predicted octanol–water partition coefficient (Wildman–Crippen LogP) is 3.66. The van der Waals surface area contributed by atoms with E-state index in [4.69, 9.17) is 16.0 Å². The molecule has 0 fully saturated rings. The second kappa shape index (κ2) is 7.35. The van der Waals surface area contributed by atoms with Crippen molar-refractivity contribution >= 4 is 21.6 Å². The molecule has 5 nitrogen and oxygen atoms in total. The minimum Gasteiger partial charge on any atom is -0.444 e. The van der Waals surface area contributed by atoms with Gasteiger partial charge in [-0.25, -0.2) is 22.5 Å². The van der Waals surface area contributed by atoms with Gasteiger partial charge >= 0.3 is 0 Å². The summed E-state index contributed by atoms with van der Waals surface area (Å²) in [7, 11) is -3.83. The Morgan fingerprint density at radius 1 is 1.16 bits per heavy atom. The SMILES string of the molecule is O=S(=O)(NCCc1coc(-c2ccccc2)n1)c1ccc(F)cc1Cl. The second-order valence-electron chi connectivity index (χ2n) is 5.23.